The molecule has 1 amide bonds. The van der Waals surface area contributed by atoms with Crippen LogP contribution in [-0.2, 0) is 11.3 Å². The standard InChI is InChI=1S/C17H22F2N4O/c1-10(2)21-17(24)9-20-8-14-11(3)22-23(12(14)4)16-6-5-13(18)7-15(16)19/h5-7,10,20H,8-9H2,1-4H3,(H,21,24). The van der Waals surface area contributed by atoms with Crippen molar-refractivity contribution < 1.29 is 13.6 Å². The quantitative estimate of drug-likeness (QED) is 0.851. The Labute approximate surface area is 140 Å². The first-order valence-corrected chi connectivity index (χ1v) is 7.80. The number of aromatic nitrogens is 2. The largest absolute Gasteiger partial charge is 0.353 e. The maximum absolute atomic E-state index is 14.0. The molecule has 24 heavy (non-hydrogen) atoms. The minimum absolute atomic E-state index is 0.0859. The summed E-state index contributed by atoms with van der Waals surface area (Å²) in [4.78, 5) is 11.6. The van der Waals surface area contributed by atoms with E-state index in [0.717, 1.165) is 23.0 Å². The van der Waals surface area contributed by atoms with Gasteiger partial charge in [0.15, 0.2) is 5.82 Å². The van der Waals surface area contributed by atoms with Crippen molar-refractivity contribution in [3.63, 3.8) is 0 Å². The minimum atomic E-state index is -0.670. The van der Waals surface area contributed by atoms with Gasteiger partial charge in [0.05, 0.1) is 12.2 Å². The first-order valence-electron chi connectivity index (χ1n) is 7.80. The summed E-state index contributed by atoms with van der Waals surface area (Å²) in [7, 11) is 0. The number of hydrogen-bond acceptors (Lipinski definition) is 3. The van der Waals surface area contributed by atoms with E-state index in [1.54, 1.807) is 0 Å². The number of rotatable bonds is 6. The van der Waals surface area contributed by atoms with E-state index in [9.17, 15) is 13.6 Å². The van der Waals surface area contributed by atoms with Gasteiger partial charge in [0.25, 0.3) is 0 Å². The summed E-state index contributed by atoms with van der Waals surface area (Å²) in [5.41, 5.74) is 2.56. The molecule has 1 heterocycles. The molecule has 0 saturated carbocycles. The van der Waals surface area contributed by atoms with Crippen molar-refractivity contribution in [2.75, 3.05) is 6.54 Å². The Kier molecular flexibility index (Phi) is 5.66. The first-order chi connectivity index (χ1) is 11.3. The van der Waals surface area contributed by atoms with Crippen molar-refractivity contribution in [3.8, 4) is 5.69 Å². The van der Waals surface area contributed by atoms with Crippen LogP contribution in [0.5, 0.6) is 0 Å². The van der Waals surface area contributed by atoms with Crippen LogP contribution in [0.1, 0.15) is 30.8 Å². The first kappa shape index (κ1) is 18.1. The third-order valence-corrected chi connectivity index (χ3v) is 3.62. The zero-order valence-electron chi connectivity index (χ0n) is 14.3. The van der Waals surface area contributed by atoms with E-state index in [2.05, 4.69) is 15.7 Å². The molecule has 0 saturated heterocycles. The van der Waals surface area contributed by atoms with Crippen LogP contribution in [0.15, 0.2) is 18.2 Å². The lowest BCUT2D eigenvalue weighted by atomic mass is 10.2. The molecule has 0 aliphatic heterocycles. The summed E-state index contributed by atoms with van der Waals surface area (Å²) < 4.78 is 28.5. The van der Waals surface area contributed by atoms with E-state index >= 15 is 0 Å². The van der Waals surface area contributed by atoms with Gasteiger partial charge in [0.1, 0.15) is 11.5 Å². The van der Waals surface area contributed by atoms with Gasteiger partial charge in [-0.25, -0.2) is 13.5 Å². The molecule has 7 heteroatoms. The molecule has 5 nitrogen and oxygen atoms in total. The smallest absolute Gasteiger partial charge is 0.234 e. The highest BCUT2D eigenvalue weighted by Gasteiger charge is 2.16. The molecule has 0 bridgehead atoms. The van der Waals surface area contributed by atoms with Gasteiger partial charge in [-0.05, 0) is 39.8 Å². The van der Waals surface area contributed by atoms with Crippen LogP contribution in [0, 0.1) is 25.5 Å². The summed E-state index contributed by atoms with van der Waals surface area (Å²) in [5.74, 6) is -1.38. The third kappa shape index (κ3) is 4.17. The molecule has 2 N–H and O–H groups in total. The normalized spacial score (nSPS) is 11.1. The Balaban J connectivity index is 2.13. The predicted octanol–water partition coefficient (Wildman–Crippen LogP) is 2.38. The van der Waals surface area contributed by atoms with Gasteiger partial charge < -0.3 is 10.6 Å². The van der Waals surface area contributed by atoms with Gasteiger partial charge in [0, 0.05) is 29.9 Å². The van der Waals surface area contributed by atoms with Gasteiger partial charge in [-0.15, -0.1) is 0 Å². The Morgan fingerprint density at radius 1 is 1.29 bits per heavy atom. The van der Waals surface area contributed by atoms with E-state index in [1.807, 2.05) is 27.7 Å². The summed E-state index contributed by atoms with van der Waals surface area (Å²) in [6.45, 7) is 8.05. The number of nitrogens with zero attached hydrogens (tertiary/aromatic N) is 2. The number of aryl methyl sites for hydroxylation is 1. The fourth-order valence-electron chi connectivity index (χ4n) is 2.49. The van der Waals surface area contributed by atoms with E-state index in [4.69, 9.17) is 0 Å². The second-order valence-electron chi connectivity index (χ2n) is 5.98. The topological polar surface area (TPSA) is 59.0 Å². The SMILES string of the molecule is Cc1nn(-c2ccc(F)cc2F)c(C)c1CNCC(=O)NC(C)C. The molecule has 1 aromatic carbocycles. The number of carbonyl (C=O) groups excluding carboxylic acids is 1. The molecule has 0 spiro atoms. The summed E-state index contributed by atoms with van der Waals surface area (Å²) in [6.07, 6.45) is 0. The Bertz CT molecular complexity index is 740. The van der Waals surface area contributed by atoms with E-state index in [1.165, 1.54) is 16.8 Å². The van der Waals surface area contributed by atoms with Crippen molar-refractivity contribution in [2.24, 2.45) is 0 Å². The van der Waals surface area contributed by atoms with Gasteiger partial charge >= 0.3 is 0 Å². The zero-order chi connectivity index (χ0) is 17.9. The number of nitrogens with one attached hydrogen (secondary N) is 2. The summed E-state index contributed by atoms with van der Waals surface area (Å²) >= 11 is 0. The number of carbonyl (C=O) groups is 1. The zero-order valence-corrected chi connectivity index (χ0v) is 14.3. The molecule has 0 atom stereocenters. The highest BCUT2D eigenvalue weighted by molar-refractivity contribution is 5.78. The number of hydrogen-bond donors (Lipinski definition) is 2. The molecule has 0 unspecified atom stereocenters. The second-order valence-corrected chi connectivity index (χ2v) is 5.98. The molecule has 2 rings (SSSR count). The Hall–Kier alpha value is -2.28. The van der Waals surface area contributed by atoms with Crippen molar-refractivity contribution in [3.05, 3.63) is 46.8 Å². The Morgan fingerprint density at radius 2 is 2.00 bits per heavy atom. The lowest BCUT2D eigenvalue weighted by Gasteiger charge is -2.10. The Morgan fingerprint density at radius 3 is 2.62 bits per heavy atom. The van der Waals surface area contributed by atoms with Crippen molar-refractivity contribution in [2.45, 2.75) is 40.3 Å². The van der Waals surface area contributed by atoms with Crippen LogP contribution in [0.2, 0.25) is 0 Å². The molecule has 0 fully saturated rings. The highest BCUT2D eigenvalue weighted by atomic mass is 19.1. The van der Waals surface area contributed by atoms with Crippen LogP contribution in [0.4, 0.5) is 8.78 Å². The maximum Gasteiger partial charge on any atom is 0.234 e. The molecule has 0 aliphatic rings. The molecular weight excluding hydrogens is 314 g/mol. The second kappa shape index (κ2) is 7.53. The molecule has 0 radical (unpaired) electrons. The van der Waals surface area contributed by atoms with Crippen LogP contribution in [0.25, 0.3) is 5.69 Å². The third-order valence-electron chi connectivity index (χ3n) is 3.62. The van der Waals surface area contributed by atoms with Crippen molar-refractivity contribution in [1.82, 2.24) is 20.4 Å². The van der Waals surface area contributed by atoms with Gasteiger partial charge in [-0.1, -0.05) is 0 Å². The van der Waals surface area contributed by atoms with E-state index in [0.29, 0.717) is 6.54 Å². The summed E-state index contributed by atoms with van der Waals surface area (Å²) in [5, 5.41) is 10.2. The fourth-order valence-corrected chi connectivity index (χ4v) is 2.49. The van der Waals surface area contributed by atoms with Gasteiger partial charge in [-0.2, -0.15) is 5.10 Å². The van der Waals surface area contributed by atoms with E-state index in [-0.39, 0.29) is 24.2 Å². The summed E-state index contributed by atoms with van der Waals surface area (Å²) in [6, 6.07) is 3.48. The molecule has 1 aromatic heterocycles. The highest BCUT2D eigenvalue weighted by Crippen LogP contribution is 2.20. The number of benzene rings is 1. The van der Waals surface area contributed by atoms with Crippen molar-refractivity contribution in [1.29, 1.82) is 0 Å². The number of halogens is 2. The van der Waals surface area contributed by atoms with E-state index < -0.39 is 11.6 Å². The number of amides is 1. The lowest BCUT2D eigenvalue weighted by Crippen LogP contribution is -2.37. The fraction of sp³-hybridized carbons (Fsp3) is 0.412. The minimum Gasteiger partial charge on any atom is -0.353 e. The predicted molar refractivity (Wildman–Crippen MR) is 87.9 cm³/mol. The average Bonchev–Trinajstić information content (AvgIpc) is 2.74. The van der Waals surface area contributed by atoms with Crippen LogP contribution in [-0.4, -0.2) is 28.3 Å². The lowest BCUT2D eigenvalue weighted by molar-refractivity contribution is -0.120. The molecular formula is C17H22F2N4O. The maximum atomic E-state index is 14.0. The monoisotopic (exact) mass is 336 g/mol. The molecule has 130 valence electrons. The van der Waals surface area contributed by atoms with Gasteiger partial charge in [-0.3, -0.25) is 4.79 Å². The average molecular weight is 336 g/mol. The van der Waals surface area contributed by atoms with Crippen LogP contribution >= 0.6 is 0 Å². The van der Waals surface area contributed by atoms with Gasteiger partial charge in [0.2, 0.25) is 5.91 Å². The molecule has 0 aliphatic carbocycles. The van der Waals surface area contributed by atoms with Crippen LogP contribution in [0.3, 0.4) is 0 Å². The molecule has 2 aromatic rings. The van der Waals surface area contributed by atoms with Crippen LogP contribution < -0.4 is 10.6 Å². The van der Waals surface area contributed by atoms with Crippen molar-refractivity contribution >= 4 is 5.91 Å².